The molecule has 2 aliphatic rings. The summed E-state index contributed by atoms with van der Waals surface area (Å²) in [6, 6.07) is 8.60. The lowest BCUT2D eigenvalue weighted by atomic mass is 10.0. The van der Waals surface area contributed by atoms with Gasteiger partial charge in [0.15, 0.2) is 0 Å². The molecule has 0 saturated carbocycles. The first-order chi connectivity index (χ1) is 14.4. The van der Waals surface area contributed by atoms with E-state index in [0.717, 1.165) is 32.5 Å². The Labute approximate surface area is 183 Å². The number of hydrogen-bond donors (Lipinski definition) is 0. The van der Waals surface area contributed by atoms with Gasteiger partial charge in [0.05, 0.1) is 4.90 Å². The molecule has 0 aliphatic carbocycles. The van der Waals surface area contributed by atoms with Crippen LogP contribution in [-0.4, -0.2) is 67.7 Å². The summed E-state index contributed by atoms with van der Waals surface area (Å²) in [5.41, 5.74) is 1.87. The van der Waals surface area contributed by atoms with Crippen LogP contribution in [0.5, 0.6) is 0 Å². The number of amides is 1. The van der Waals surface area contributed by atoms with Gasteiger partial charge >= 0.3 is 0 Å². The maximum Gasteiger partial charge on any atom is 0.253 e. The predicted octanol–water partition coefficient (Wildman–Crippen LogP) is 3.13. The maximum absolute atomic E-state index is 12.9. The number of thiophene rings is 1. The van der Waals surface area contributed by atoms with Crippen LogP contribution < -0.4 is 0 Å². The van der Waals surface area contributed by atoms with Gasteiger partial charge in [-0.05, 0) is 65.4 Å². The van der Waals surface area contributed by atoms with E-state index in [2.05, 4.69) is 28.7 Å². The average molecular weight is 448 g/mol. The van der Waals surface area contributed by atoms with Gasteiger partial charge in [-0.1, -0.05) is 6.92 Å². The number of sulfonamides is 1. The Balaban J connectivity index is 1.35. The Hall–Kier alpha value is -1.74. The minimum absolute atomic E-state index is 0.0269. The van der Waals surface area contributed by atoms with E-state index in [4.69, 9.17) is 0 Å². The number of piperazine rings is 1. The number of hydrogen-bond acceptors (Lipinski definition) is 5. The van der Waals surface area contributed by atoms with Gasteiger partial charge in [-0.2, -0.15) is 15.6 Å². The smallest absolute Gasteiger partial charge is 0.253 e. The molecule has 0 atom stereocenters. The number of piperidine rings is 1. The lowest BCUT2D eigenvalue weighted by Gasteiger charge is -2.34. The van der Waals surface area contributed by atoms with Crippen molar-refractivity contribution in [3.8, 4) is 0 Å². The molecule has 0 spiro atoms. The molecule has 2 aliphatic heterocycles. The van der Waals surface area contributed by atoms with Crippen molar-refractivity contribution in [3.05, 3.63) is 52.2 Å². The highest BCUT2D eigenvalue weighted by Gasteiger charge is 2.28. The van der Waals surface area contributed by atoms with Crippen LogP contribution in [0, 0.1) is 5.92 Å². The normalized spacial score (nSPS) is 19.8. The standard InChI is InChI=1S/C22H29N3O3S2/c1-18-6-9-25(10-7-18)30(27,28)21-4-2-20(3-5-21)22(26)24-13-11-23(12-14-24)16-19-8-15-29-17-19/h2-5,8,15,17-18H,6-7,9-14,16H2,1H3. The minimum atomic E-state index is -3.48. The third-order valence-electron chi connectivity index (χ3n) is 6.13. The fourth-order valence-corrected chi connectivity index (χ4v) is 6.21. The van der Waals surface area contributed by atoms with Gasteiger partial charge in [-0.25, -0.2) is 8.42 Å². The molecule has 6 nitrogen and oxygen atoms in total. The summed E-state index contributed by atoms with van der Waals surface area (Å²) in [5, 5.41) is 4.25. The van der Waals surface area contributed by atoms with Crippen molar-refractivity contribution in [2.24, 2.45) is 5.92 Å². The third kappa shape index (κ3) is 4.77. The van der Waals surface area contributed by atoms with Crippen LogP contribution in [0.2, 0.25) is 0 Å². The summed E-state index contributed by atoms with van der Waals surface area (Å²) in [7, 11) is -3.48. The average Bonchev–Trinajstić information content (AvgIpc) is 3.27. The predicted molar refractivity (Wildman–Crippen MR) is 119 cm³/mol. The molecule has 2 saturated heterocycles. The Morgan fingerprint density at radius 1 is 1.00 bits per heavy atom. The highest BCUT2D eigenvalue weighted by molar-refractivity contribution is 7.89. The first-order valence-corrected chi connectivity index (χ1v) is 12.9. The molecular weight excluding hydrogens is 418 g/mol. The van der Waals surface area contributed by atoms with Gasteiger partial charge < -0.3 is 4.90 Å². The van der Waals surface area contributed by atoms with E-state index >= 15 is 0 Å². The van der Waals surface area contributed by atoms with E-state index in [1.165, 1.54) is 5.56 Å². The van der Waals surface area contributed by atoms with E-state index in [1.807, 2.05) is 4.90 Å². The molecule has 1 aromatic carbocycles. The van der Waals surface area contributed by atoms with Gasteiger partial charge in [-0.3, -0.25) is 9.69 Å². The monoisotopic (exact) mass is 447 g/mol. The molecule has 2 aromatic rings. The number of carbonyl (C=O) groups is 1. The van der Waals surface area contributed by atoms with Crippen LogP contribution in [-0.2, 0) is 16.6 Å². The summed E-state index contributed by atoms with van der Waals surface area (Å²) in [6.45, 7) is 7.30. The second-order valence-electron chi connectivity index (χ2n) is 8.31. The number of carbonyl (C=O) groups excluding carboxylic acids is 1. The van der Waals surface area contributed by atoms with Crippen LogP contribution in [0.1, 0.15) is 35.7 Å². The SMILES string of the molecule is CC1CCN(S(=O)(=O)c2ccc(C(=O)N3CCN(Cc4ccsc4)CC3)cc2)CC1. The highest BCUT2D eigenvalue weighted by atomic mass is 32.2. The third-order valence-corrected chi connectivity index (χ3v) is 8.77. The highest BCUT2D eigenvalue weighted by Crippen LogP contribution is 2.24. The zero-order chi connectivity index (χ0) is 21.1. The molecule has 30 heavy (non-hydrogen) atoms. The van der Waals surface area contributed by atoms with Gasteiger partial charge in [0, 0.05) is 51.4 Å². The topological polar surface area (TPSA) is 60.9 Å². The molecule has 8 heteroatoms. The Kier molecular flexibility index (Phi) is 6.57. The fraction of sp³-hybridized carbons (Fsp3) is 0.500. The van der Waals surface area contributed by atoms with E-state index in [1.54, 1.807) is 39.9 Å². The van der Waals surface area contributed by atoms with Crippen molar-refractivity contribution in [3.63, 3.8) is 0 Å². The Morgan fingerprint density at radius 2 is 1.67 bits per heavy atom. The molecule has 4 rings (SSSR count). The lowest BCUT2D eigenvalue weighted by molar-refractivity contribution is 0.0628. The molecule has 0 radical (unpaired) electrons. The molecule has 3 heterocycles. The number of nitrogens with zero attached hydrogens (tertiary/aromatic N) is 3. The van der Waals surface area contributed by atoms with Crippen LogP contribution in [0.15, 0.2) is 46.0 Å². The van der Waals surface area contributed by atoms with Crippen molar-refractivity contribution >= 4 is 27.3 Å². The molecule has 0 bridgehead atoms. The van der Waals surface area contributed by atoms with E-state index in [9.17, 15) is 13.2 Å². The van der Waals surface area contributed by atoms with Crippen molar-refractivity contribution in [2.75, 3.05) is 39.3 Å². The summed E-state index contributed by atoms with van der Waals surface area (Å²) in [6.07, 6.45) is 1.79. The molecule has 162 valence electrons. The summed E-state index contributed by atoms with van der Waals surface area (Å²) in [5.74, 6) is 0.545. The van der Waals surface area contributed by atoms with Crippen LogP contribution >= 0.6 is 11.3 Å². The zero-order valence-corrected chi connectivity index (χ0v) is 19.0. The van der Waals surface area contributed by atoms with Crippen molar-refractivity contribution in [1.82, 2.24) is 14.1 Å². The van der Waals surface area contributed by atoms with Crippen molar-refractivity contribution in [1.29, 1.82) is 0 Å². The first-order valence-electron chi connectivity index (χ1n) is 10.6. The van der Waals surface area contributed by atoms with E-state index in [0.29, 0.717) is 37.7 Å². The lowest BCUT2D eigenvalue weighted by Crippen LogP contribution is -2.48. The van der Waals surface area contributed by atoms with E-state index < -0.39 is 10.0 Å². The first kappa shape index (κ1) is 21.5. The summed E-state index contributed by atoms with van der Waals surface area (Å²) >= 11 is 1.71. The maximum atomic E-state index is 12.9. The molecule has 1 aromatic heterocycles. The van der Waals surface area contributed by atoms with Gasteiger partial charge in [0.1, 0.15) is 0 Å². The van der Waals surface area contributed by atoms with Crippen molar-refractivity contribution < 1.29 is 13.2 Å². The van der Waals surface area contributed by atoms with Gasteiger partial charge in [0.25, 0.3) is 5.91 Å². The second-order valence-corrected chi connectivity index (χ2v) is 11.0. The Bertz CT molecular complexity index is 942. The van der Waals surface area contributed by atoms with Crippen LogP contribution in [0.4, 0.5) is 0 Å². The molecular formula is C22H29N3O3S2. The number of benzene rings is 1. The second kappa shape index (κ2) is 9.18. The molecule has 2 fully saturated rings. The summed E-state index contributed by atoms with van der Waals surface area (Å²) in [4.78, 5) is 17.4. The summed E-state index contributed by atoms with van der Waals surface area (Å²) < 4.78 is 27.3. The van der Waals surface area contributed by atoms with Crippen molar-refractivity contribution in [2.45, 2.75) is 31.2 Å². The molecule has 0 unspecified atom stereocenters. The zero-order valence-electron chi connectivity index (χ0n) is 17.4. The van der Waals surface area contributed by atoms with Crippen LogP contribution in [0.3, 0.4) is 0 Å². The largest absolute Gasteiger partial charge is 0.336 e. The van der Waals surface area contributed by atoms with E-state index in [-0.39, 0.29) is 10.8 Å². The Morgan fingerprint density at radius 3 is 2.27 bits per heavy atom. The number of rotatable bonds is 5. The van der Waals surface area contributed by atoms with Crippen LogP contribution in [0.25, 0.3) is 0 Å². The van der Waals surface area contributed by atoms with Gasteiger partial charge in [-0.15, -0.1) is 0 Å². The minimum Gasteiger partial charge on any atom is -0.336 e. The molecule has 0 N–H and O–H groups in total. The molecule has 1 amide bonds. The fourth-order valence-electron chi connectivity index (χ4n) is 4.08. The van der Waals surface area contributed by atoms with Gasteiger partial charge in [0.2, 0.25) is 10.0 Å². The quantitative estimate of drug-likeness (QED) is 0.707.